The van der Waals surface area contributed by atoms with Gasteiger partial charge in [-0.2, -0.15) is 0 Å². The molecule has 1 aromatic rings. The van der Waals surface area contributed by atoms with Gasteiger partial charge in [-0.3, -0.25) is 4.79 Å². The molecule has 0 aliphatic carbocycles. The lowest BCUT2D eigenvalue weighted by Gasteiger charge is -2.08. The van der Waals surface area contributed by atoms with Gasteiger partial charge in [0, 0.05) is 24.7 Å². The minimum atomic E-state index is 0. The standard InChI is InChI=1S/C9H12N2OS.ClH/c1-11(2)9(12)13-8-5-3-7(10)4-6-8;/h3-6H,10H2,1-2H3;1H. The van der Waals surface area contributed by atoms with Crippen molar-refractivity contribution in [3.63, 3.8) is 0 Å². The minimum absolute atomic E-state index is 0. The van der Waals surface area contributed by atoms with Crippen LogP contribution in [0.4, 0.5) is 10.5 Å². The highest BCUT2D eigenvalue weighted by Crippen LogP contribution is 2.21. The highest BCUT2D eigenvalue weighted by atomic mass is 35.5. The van der Waals surface area contributed by atoms with E-state index in [9.17, 15) is 4.79 Å². The first kappa shape index (κ1) is 13.1. The van der Waals surface area contributed by atoms with Gasteiger partial charge in [-0.1, -0.05) is 0 Å². The Balaban J connectivity index is 0.00000169. The molecule has 0 aromatic heterocycles. The number of hydrogen-bond acceptors (Lipinski definition) is 3. The second kappa shape index (κ2) is 5.78. The maximum Gasteiger partial charge on any atom is 0.285 e. The van der Waals surface area contributed by atoms with Crippen LogP contribution < -0.4 is 5.73 Å². The zero-order valence-electron chi connectivity index (χ0n) is 8.06. The Kier molecular flexibility index (Phi) is 5.42. The van der Waals surface area contributed by atoms with Crippen LogP contribution in [0.1, 0.15) is 0 Å². The van der Waals surface area contributed by atoms with Crippen molar-refractivity contribution in [3.8, 4) is 0 Å². The highest BCUT2D eigenvalue weighted by molar-refractivity contribution is 8.13. The fourth-order valence-corrected chi connectivity index (χ4v) is 1.38. The lowest BCUT2D eigenvalue weighted by molar-refractivity contribution is 0.241. The summed E-state index contributed by atoms with van der Waals surface area (Å²) >= 11 is 1.19. The van der Waals surface area contributed by atoms with Crippen molar-refractivity contribution in [3.05, 3.63) is 24.3 Å². The van der Waals surface area contributed by atoms with E-state index >= 15 is 0 Å². The lowest BCUT2D eigenvalue weighted by atomic mass is 10.3. The Morgan fingerprint density at radius 2 is 1.79 bits per heavy atom. The lowest BCUT2D eigenvalue weighted by Crippen LogP contribution is -2.15. The van der Waals surface area contributed by atoms with Crippen LogP contribution in [0.25, 0.3) is 0 Å². The SMILES string of the molecule is CN(C)C(=O)Sc1ccc(N)cc1.Cl. The van der Waals surface area contributed by atoms with Crippen LogP contribution in [0.2, 0.25) is 0 Å². The van der Waals surface area contributed by atoms with Crippen molar-refractivity contribution in [2.24, 2.45) is 0 Å². The number of halogens is 1. The smallest absolute Gasteiger partial charge is 0.285 e. The molecule has 0 atom stereocenters. The molecular weight excluding hydrogens is 220 g/mol. The number of carbonyl (C=O) groups is 1. The third-order valence-electron chi connectivity index (χ3n) is 1.45. The van der Waals surface area contributed by atoms with Crippen molar-refractivity contribution in [1.29, 1.82) is 0 Å². The summed E-state index contributed by atoms with van der Waals surface area (Å²) in [5.74, 6) is 0. The van der Waals surface area contributed by atoms with Gasteiger partial charge in [0.1, 0.15) is 0 Å². The summed E-state index contributed by atoms with van der Waals surface area (Å²) in [5, 5.41) is 0.0183. The van der Waals surface area contributed by atoms with Gasteiger partial charge in [0.25, 0.3) is 5.24 Å². The van der Waals surface area contributed by atoms with Crippen LogP contribution >= 0.6 is 24.2 Å². The summed E-state index contributed by atoms with van der Waals surface area (Å²) in [4.78, 5) is 13.7. The topological polar surface area (TPSA) is 46.3 Å². The Morgan fingerprint density at radius 1 is 1.29 bits per heavy atom. The average molecular weight is 233 g/mol. The first-order chi connectivity index (χ1) is 6.09. The van der Waals surface area contributed by atoms with Crippen molar-refractivity contribution >= 4 is 35.1 Å². The summed E-state index contributed by atoms with van der Waals surface area (Å²) in [5.41, 5.74) is 6.22. The minimum Gasteiger partial charge on any atom is -0.399 e. The first-order valence-corrected chi connectivity index (χ1v) is 4.66. The van der Waals surface area contributed by atoms with Gasteiger partial charge in [0.2, 0.25) is 0 Å². The van der Waals surface area contributed by atoms with Crippen molar-refractivity contribution in [1.82, 2.24) is 4.90 Å². The second-order valence-electron chi connectivity index (χ2n) is 2.83. The van der Waals surface area contributed by atoms with Gasteiger partial charge in [0.15, 0.2) is 0 Å². The number of hydrogen-bond donors (Lipinski definition) is 1. The molecule has 0 aliphatic heterocycles. The van der Waals surface area contributed by atoms with Gasteiger partial charge in [-0.15, -0.1) is 12.4 Å². The predicted octanol–water partition coefficient (Wildman–Crippen LogP) is 2.46. The Bertz CT molecular complexity index is 300. The van der Waals surface area contributed by atoms with E-state index in [4.69, 9.17) is 5.73 Å². The van der Waals surface area contributed by atoms with E-state index in [0.717, 1.165) is 4.90 Å². The van der Waals surface area contributed by atoms with Crippen molar-refractivity contribution in [2.45, 2.75) is 4.90 Å². The van der Waals surface area contributed by atoms with E-state index < -0.39 is 0 Å². The number of amides is 1. The van der Waals surface area contributed by atoms with Gasteiger partial charge in [0.05, 0.1) is 0 Å². The molecule has 78 valence electrons. The number of nitrogen functional groups attached to an aromatic ring is 1. The highest BCUT2D eigenvalue weighted by Gasteiger charge is 2.05. The molecule has 0 unspecified atom stereocenters. The Hall–Kier alpha value is -0.870. The Morgan fingerprint density at radius 3 is 2.21 bits per heavy atom. The summed E-state index contributed by atoms with van der Waals surface area (Å²) in [6.45, 7) is 0. The monoisotopic (exact) mass is 232 g/mol. The zero-order valence-corrected chi connectivity index (χ0v) is 9.69. The van der Waals surface area contributed by atoms with E-state index in [0.29, 0.717) is 5.69 Å². The molecule has 0 saturated carbocycles. The van der Waals surface area contributed by atoms with E-state index in [-0.39, 0.29) is 17.6 Å². The van der Waals surface area contributed by atoms with E-state index in [1.165, 1.54) is 11.8 Å². The number of thioether (sulfide) groups is 1. The van der Waals surface area contributed by atoms with Crippen LogP contribution in [0.15, 0.2) is 29.2 Å². The number of nitrogens with two attached hydrogens (primary N) is 1. The molecule has 0 bridgehead atoms. The van der Waals surface area contributed by atoms with Crippen LogP contribution in [0.5, 0.6) is 0 Å². The third-order valence-corrected chi connectivity index (χ3v) is 2.50. The Labute approximate surface area is 94.1 Å². The molecule has 0 fully saturated rings. The molecular formula is C9H13ClN2OS. The second-order valence-corrected chi connectivity index (χ2v) is 3.86. The summed E-state index contributed by atoms with van der Waals surface area (Å²) < 4.78 is 0. The molecule has 0 saturated heterocycles. The fourth-order valence-electron chi connectivity index (χ4n) is 0.728. The van der Waals surface area contributed by atoms with Gasteiger partial charge in [-0.25, -0.2) is 0 Å². The van der Waals surface area contributed by atoms with Gasteiger partial charge < -0.3 is 10.6 Å². The molecule has 2 N–H and O–H groups in total. The van der Waals surface area contributed by atoms with Crippen molar-refractivity contribution in [2.75, 3.05) is 19.8 Å². The molecule has 0 spiro atoms. The molecule has 0 aliphatic rings. The first-order valence-electron chi connectivity index (χ1n) is 3.84. The summed E-state index contributed by atoms with van der Waals surface area (Å²) in [6.07, 6.45) is 0. The van der Waals surface area contributed by atoms with Crippen LogP contribution in [0.3, 0.4) is 0 Å². The molecule has 1 amide bonds. The molecule has 1 rings (SSSR count). The zero-order chi connectivity index (χ0) is 9.84. The molecule has 14 heavy (non-hydrogen) atoms. The quantitative estimate of drug-likeness (QED) is 0.598. The third kappa shape index (κ3) is 3.89. The van der Waals surface area contributed by atoms with Crippen LogP contribution in [-0.4, -0.2) is 24.2 Å². The maximum atomic E-state index is 11.3. The van der Waals surface area contributed by atoms with Crippen LogP contribution in [0, 0.1) is 0 Å². The molecule has 0 heterocycles. The number of nitrogens with zero attached hydrogens (tertiary/aromatic N) is 1. The van der Waals surface area contributed by atoms with Gasteiger partial charge >= 0.3 is 0 Å². The average Bonchev–Trinajstić information content (AvgIpc) is 2.08. The fraction of sp³-hybridized carbons (Fsp3) is 0.222. The molecule has 0 radical (unpaired) electrons. The van der Waals surface area contributed by atoms with E-state index in [2.05, 4.69) is 0 Å². The number of carbonyl (C=O) groups excluding carboxylic acids is 1. The van der Waals surface area contributed by atoms with E-state index in [1.807, 2.05) is 12.1 Å². The number of rotatable bonds is 1. The normalized spacial score (nSPS) is 9.00. The predicted molar refractivity (Wildman–Crippen MR) is 63.0 cm³/mol. The largest absolute Gasteiger partial charge is 0.399 e. The molecule has 5 heteroatoms. The number of anilines is 1. The summed E-state index contributed by atoms with van der Waals surface area (Å²) in [6, 6.07) is 7.24. The molecule has 3 nitrogen and oxygen atoms in total. The van der Waals surface area contributed by atoms with Crippen molar-refractivity contribution < 1.29 is 4.79 Å². The number of benzene rings is 1. The van der Waals surface area contributed by atoms with Gasteiger partial charge in [-0.05, 0) is 36.0 Å². The van der Waals surface area contributed by atoms with E-state index in [1.54, 1.807) is 31.1 Å². The maximum absolute atomic E-state index is 11.3. The van der Waals surface area contributed by atoms with Crippen LogP contribution in [-0.2, 0) is 0 Å². The molecule has 1 aromatic carbocycles. The summed E-state index contributed by atoms with van der Waals surface area (Å²) in [7, 11) is 3.46.